The van der Waals surface area contributed by atoms with Crippen LogP contribution in [-0.4, -0.2) is 75.0 Å². The number of nitrogens with one attached hydrogen (secondary N) is 1. The van der Waals surface area contributed by atoms with Gasteiger partial charge in [-0.25, -0.2) is 27.5 Å². The maximum absolute atomic E-state index is 14.6. The number of benzene rings is 2. The number of piperidine rings is 1. The van der Waals surface area contributed by atoms with Crippen LogP contribution in [0.4, 0.5) is 35.2 Å². The number of amides is 2. The Bertz CT molecular complexity index is 1800. The number of rotatable bonds is 5. The minimum absolute atomic E-state index is 0.00237. The van der Waals surface area contributed by atoms with E-state index in [0.29, 0.717) is 30.2 Å². The summed E-state index contributed by atoms with van der Waals surface area (Å²) < 4.78 is 50.0. The molecule has 4 saturated heterocycles. The van der Waals surface area contributed by atoms with Gasteiger partial charge < -0.3 is 19.9 Å². The van der Waals surface area contributed by atoms with Crippen LogP contribution in [0.25, 0.3) is 5.65 Å². The van der Waals surface area contributed by atoms with Crippen molar-refractivity contribution in [3.63, 3.8) is 0 Å². The molecule has 1 N–H and O–H groups in total. The summed E-state index contributed by atoms with van der Waals surface area (Å²) >= 11 is 0. The Hall–Kier alpha value is -4.81. The number of nitrogens with zero attached hydrogens (tertiary/aromatic N) is 6. The molecular formula is C33H34F3N7O3. The second-order valence-electron chi connectivity index (χ2n) is 13.1. The lowest BCUT2D eigenvalue weighted by Crippen LogP contribution is -2.70. The summed E-state index contributed by atoms with van der Waals surface area (Å²) in [5.74, 6) is -1.27. The Balaban J connectivity index is 1.01. The van der Waals surface area contributed by atoms with E-state index in [0.717, 1.165) is 30.3 Å². The molecule has 0 saturated carbocycles. The summed E-state index contributed by atoms with van der Waals surface area (Å²) in [5, 5.41) is 7.19. The first-order chi connectivity index (χ1) is 21.9. The molecule has 6 heterocycles. The van der Waals surface area contributed by atoms with Crippen LogP contribution in [0, 0.1) is 11.6 Å². The number of alkyl halides is 1. The largest absolute Gasteiger partial charge is 0.444 e. The van der Waals surface area contributed by atoms with Crippen LogP contribution in [0.2, 0.25) is 0 Å². The van der Waals surface area contributed by atoms with Gasteiger partial charge in [0, 0.05) is 48.7 Å². The Morgan fingerprint density at radius 3 is 2.41 bits per heavy atom. The third-order valence-corrected chi connectivity index (χ3v) is 8.69. The smallest absolute Gasteiger partial charge is 0.410 e. The van der Waals surface area contributed by atoms with Crippen LogP contribution in [0.5, 0.6) is 0 Å². The molecule has 2 unspecified atom stereocenters. The molecule has 240 valence electrons. The van der Waals surface area contributed by atoms with Crippen molar-refractivity contribution in [3.05, 3.63) is 83.7 Å². The predicted octanol–water partition coefficient (Wildman–Crippen LogP) is 5.75. The molecule has 46 heavy (non-hydrogen) atoms. The predicted molar refractivity (Wildman–Crippen MR) is 166 cm³/mol. The topological polar surface area (TPSA) is 95.3 Å². The third-order valence-electron chi connectivity index (χ3n) is 8.69. The Kier molecular flexibility index (Phi) is 7.28. The Morgan fingerprint density at radius 2 is 1.70 bits per heavy atom. The van der Waals surface area contributed by atoms with Gasteiger partial charge in [0.1, 0.15) is 29.2 Å². The van der Waals surface area contributed by atoms with Gasteiger partial charge in [0.2, 0.25) is 0 Å². The second kappa shape index (κ2) is 11.2. The van der Waals surface area contributed by atoms with Gasteiger partial charge in [-0.3, -0.25) is 9.69 Å². The van der Waals surface area contributed by atoms with Crippen molar-refractivity contribution in [2.45, 2.75) is 63.5 Å². The molecule has 13 heteroatoms. The SMILES string of the molecule is CC(C)(C)OC(=O)N1C2CC1CN(c1ccc(NC(=O)c3cc4nc(N5C[C@@H](F)C[C@@H]5c5cc(F)ccc5F)ccn4n3)cc1)C2. The summed E-state index contributed by atoms with van der Waals surface area (Å²) in [5.41, 5.74) is 1.60. The summed E-state index contributed by atoms with van der Waals surface area (Å²) in [4.78, 5) is 35.9. The van der Waals surface area contributed by atoms with Crippen molar-refractivity contribution >= 4 is 34.8 Å². The van der Waals surface area contributed by atoms with Crippen LogP contribution in [0.3, 0.4) is 0 Å². The molecule has 8 rings (SSSR count). The van der Waals surface area contributed by atoms with E-state index in [1.165, 1.54) is 10.6 Å². The highest BCUT2D eigenvalue weighted by Crippen LogP contribution is 2.39. The van der Waals surface area contributed by atoms with Crippen molar-refractivity contribution < 1.29 is 27.5 Å². The third kappa shape index (κ3) is 5.69. The monoisotopic (exact) mass is 633 g/mol. The van der Waals surface area contributed by atoms with Crippen molar-refractivity contribution in [2.24, 2.45) is 0 Å². The van der Waals surface area contributed by atoms with E-state index in [4.69, 9.17) is 4.74 Å². The van der Waals surface area contributed by atoms with E-state index in [1.54, 1.807) is 17.2 Å². The van der Waals surface area contributed by atoms with Crippen LogP contribution >= 0.6 is 0 Å². The quantitative estimate of drug-likeness (QED) is 0.299. The zero-order valence-corrected chi connectivity index (χ0v) is 25.7. The van der Waals surface area contributed by atoms with E-state index in [-0.39, 0.29) is 42.4 Å². The molecule has 4 fully saturated rings. The maximum atomic E-state index is 14.6. The number of ether oxygens (including phenoxy) is 1. The van der Waals surface area contributed by atoms with Crippen LogP contribution < -0.4 is 15.1 Å². The van der Waals surface area contributed by atoms with Gasteiger partial charge in [0.15, 0.2) is 11.3 Å². The highest BCUT2D eigenvalue weighted by atomic mass is 19.1. The number of anilines is 3. The molecule has 2 bridgehead atoms. The average molecular weight is 634 g/mol. The molecule has 4 aromatic rings. The Morgan fingerprint density at radius 1 is 0.957 bits per heavy atom. The first-order valence-electron chi connectivity index (χ1n) is 15.3. The fourth-order valence-corrected chi connectivity index (χ4v) is 6.63. The fourth-order valence-electron chi connectivity index (χ4n) is 6.63. The van der Waals surface area contributed by atoms with Crippen molar-refractivity contribution in [1.29, 1.82) is 0 Å². The van der Waals surface area contributed by atoms with Crippen molar-refractivity contribution in [1.82, 2.24) is 19.5 Å². The number of carbonyl (C=O) groups is 2. The highest BCUT2D eigenvalue weighted by Gasteiger charge is 2.48. The first kappa shape index (κ1) is 29.9. The van der Waals surface area contributed by atoms with E-state index in [1.807, 2.05) is 49.9 Å². The zero-order valence-electron chi connectivity index (χ0n) is 25.7. The second-order valence-corrected chi connectivity index (χ2v) is 13.1. The van der Waals surface area contributed by atoms with E-state index < -0.39 is 35.4 Å². The van der Waals surface area contributed by atoms with Gasteiger partial charge in [-0.2, -0.15) is 5.10 Å². The zero-order chi connectivity index (χ0) is 32.3. The molecule has 2 aromatic carbocycles. The molecule has 0 spiro atoms. The van der Waals surface area contributed by atoms with E-state index >= 15 is 0 Å². The van der Waals surface area contributed by atoms with Crippen LogP contribution in [0.15, 0.2) is 60.8 Å². The first-order valence-corrected chi connectivity index (χ1v) is 15.3. The highest BCUT2D eigenvalue weighted by molar-refractivity contribution is 6.03. The van der Waals surface area contributed by atoms with Crippen LogP contribution in [0.1, 0.15) is 55.7 Å². The van der Waals surface area contributed by atoms with Crippen molar-refractivity contribution in [3.8, 4) is 0 Å². The standard InChI is InChI=1S/C33H34F3N7O3/c1-33(2,3)46-32(45)43-23-14-24(43)18-40(17-23)22-7-5-21(6-8-22)37-31(44)27-15-30-38-29(10-11-42(30)39-27)41-16-20(35)13-28(41)25-12-19(34)4-9-26(25)36/h4-12,15,20,23-24,28H,13-14,16-18H2,1-3H3,(H,37,44)/t20-,23?,24?,28+/m0/s1. The number of halogens is 3. The molecule has 10 nitrogen and oxygen atoms in total. The lowest BCUT2D eigenvalue weighted by molar-refractivity contribution is -0.0379. The minimum Gasteiger partial charge on any atom is -0.444 e. The fraction of sp³-hybridized carbons (Fsp3) is 0.394. The van der Waals surface area contributed by atoms with Gasteiger partial charge >= 0.3 is 6.09 Å². The normalized spacial score (nSPS) is 22.6. The summed E-state index contributed by atoms with van der Waals surface area (Å²) in [6.07, 6.45) is 1.05. The molecule has 0 radical (unpaired) electrons. The van der Waals surface area contributed by atoms with Gasteiger partial charge in [0.25, 0.3) is 5.91 Å². The van der Waals surface area contributed by atoms with E-state index in [2.05, 4.69) is 20.3 Å². The number of piperazine rings is 1. The minimum atomic E-state index is -1.24. The molecular weight excluding hydrogens is 599 g/mol. The Labute approximate surface area is 263 Å². The number of hydrogen-bond donors (Lipinski definition) is 1. The number of carbonyl (C=O) groups excluding carboxylic acids is 2. The molecule has 4 aliphatic heterocycles. The molecule has 4 aliphatic rings. The summed E-state index contributed by atoms with van der Waals surface area (Å²) in [7, 11) is 0. The molecule has 4 atom stereocenters. The maximum Gasteiger partial charge on any atom is 0.410 e. The molecule has 0 aliphatic carbocycles. The van der Waals surface area contributed by atoms with Crippen molar-refractivity contribution in [2.75, 3.05) is 34.8 Å². The average Bonchev–Trinajstić information content (AvgIpc) is 3.61. The van der Waals surface area contributed by atoms with Gasteiger partial charge in [-0.1, -0.05) is 0 Å². The summed E-state index contributed by atoms with van der Waals surface area (Å²) in [6, 6.07) is 13.3. The lowest BCUT2D eigenvalue weighted by Gasteiger charge is -2.56. The van der Waals surface area contributed by atoms with E-state index in [9.17, 15) is 22.8 Å². The number of aromatic nitrogens is 3. The molecule has 2 amide bonds. The molecule has 2 aromatic heterocycles. The number of fused-ring (bicyclic) bond motifs is 3. The van der Waals surface area contributed by atoms with Gasteiger partial charge in [-0.15, -0.1) is 0 Å². The van der Waals surface area contributed by atoms with Gasteiger partial charge in [0.05, 0.1) is 24.7 Å². The van der Waals surface area contributed by atoms with Crippen LogP contribution in [-0.2, 0) is 4.74 Å². The number of hydrogen-bond acceptors (Lipinski definition) is 7. The van der Waals surface area contributed by atoms with Gasteiger partial charge in [-0.05, 0) is 75.7 Å². The summed E-state index contributed by atoms with van der Waals surface area (Å²) in [6.45, 7) is 6.98. The lowest BCUT2D eigenvalue weighted by atomic mass is 9.87.